The van der Waals surface area contributed by atoms with Crippen molar-refractivity contribution in [1.29, 1.82) is 5.26 Å². The van der Waals surface area contributed by atoms with Gasteiger partial charge in [0.1, 0.15) is 17.3 Å². The van der Waals surface area contributed by atoms with Crippen LogP contribution in [0.5, 0.6) is 5.75 Å². The maximum absolute atomic E-state index is 13.1. The molecule has 0 bridgehead atoms. The van der Waals surface area contributed by atoms with E-state index in [2.05, 4.69) is 6.07 Å². The van der Waals surface area contributed by atoms with Crippen molar-refractivity contribution < 1.29 is 24.2 Å². The number of nitriles is 1. The Kier molecular flexibility index (Phi) is 7.78. The molecule has 0 fully saturated rings. The van der Waals surface area contributed by atoms with Gasteiger partial charge in [0.25, 0.3) is 0 Å². The summed E-state index contributed by atoms with van der Waals surface area (Å²) in [6.45, 7) is 0. The van der Waals surface area contributed by atoms with Crippen LogP contribution in [0, 0.1) is 11.3 Å². The predicted molar refractivity (Wildman–Crippen MR) is 142 cm³/mol. The molecule has 192 valence electrons. The molecule has 1 aliphatic heterocycles. The zero-order valence-electron chi connectivity index (χ0n) is 21.0. The van der Waals surface area contributed by atoms with Crippen molar-refractivity contribution in [3.05, 3.63) is 118 Å². The van der Waals surface area contributed by atoms with Crippen molar-refractivity contribution >= 4 is 17.6 Å². The summed E-state index contributed by atoms with van der Waals surface area (Å²) in [5.74, 6) is -2.23. The normalized spacial score (nSPS) is 15.2. The molecule has 1 unspecified atom stereocenters. The quantitative estimate of drug-likeness (QED) is 0.457. The lowest BCUT2D eigenvalue weighted by atomic mass is 9.81. The molecule has 1 aliphatic rings. The summed E-state index contributed by atoms with van der Waals surface area (Å²) in [5.41, 5.74) is 9.71. The Labute approximate surface area is 220 Å². The van der Waals surface area contributed by atoms with E-state index in [1.807, 2.05) is 30.3 Å². The van der Waals surface area contributed by atoms with Gasteiger partial charge in [0.15, 0.2) is 0 Å². The van der Waals surface area contributed by atoms with Gasteiger partial charge in [-0.15, -0.1) is 0 Å². The zero-order chi connectivity index (χ0) is 27.2. The molecule has 0 amide bonds. The van der Waals surface area contributed by atoms with Crippen LogP contribution in [0.25, 0.3) is 0 Å². The Morgan fingerprint density at radius 1 is 0.895 bits per heavy atom. The first kappa shape index (κ1) is 26.0. The molecule has 4 rings (SSSR count). The Balaban J connectivity index is 1.78. The van der Waals surface area contributed by atoms with E-state index in [-0.39, 0.29) is 28.4 Å². The molecular formula is C30H27N3O5. The fraction of sp³-hybridized carbons (Fsp3) is 0.167. The van der Waals surface area contributed by atoms with Gasteiger partial charge in [-0.1, -0.05) is 54.6 Å². The lowest BCUT2D eigenvalue weighted by molar-refractivity contribution is -0.139. The number of methoxy groups -OCH3 is 2. The van der Waals surface area contributed by atoms with E-state index < -0.39 is 17.9 Å². The van der Waals surface area contributed by atoms with Crippen LogP contribution in [0.2, 0.25) is 0 Å². The number of nitrogens with two attached hydrogens (primary N) is 1. The third-order valence-corrected chi connectivity index (χ3v) is 6.44. The fourth-order valence-electron chi connectivity index (χ4n) is 4.54. The van der Waals surface area contributed by atoms with Crippen LogP contribution in [-0.2, 0) is 31.9 Å². The van der Waals surface area contributed by atoms with Crippen LogP contribution >= 0.6 is 0 Å². The van der Waals surface area contributed by atoms with Crippen molar-refractivity contribution in [3.63, 3.8) is 0 Å². The van der Waals surface area contributed by atoms with E-state index in [0.717, 1.165) is 24.0 Å². The number of ether oxygens (including phenoxy) is 2. The second-order valence-corrected chi connectivity index (χ2v) is 8.67. The van der Waals surface area contributed by atoms with Crippen LogP contribution in [0.4, 0.5) is 5.69 Å². The molecule has 3 aromatic rings. The number of phenolic OH excluding ortho intramolecular Hbond substituents is 1. The second kappa shape index (κ2) is 11.4. The number of phenols is 1. The van der Waals surface area contributed by atoms with Gasteiger partial charge < -0.3 is 20.3 Å². The number of carbonyl (C=O) groups is 2. The Morgan fingerprint density at radius 3 is 1.97 bits per heavy atom. The third kappa shape index (κ3) is 5.08. The van der Waals surface area contributed by atoms with Crippen molar-refractivity contribution in [1.82, 2.24) is 0 Å². The number of aryl methyl sites for hydroxylation is 2. The third-order valence-electron chi connectivity index (χ3n) is 6.44. The van der Waals surface area contributed by atoms with Gasteiger partial charge in [0.05, 0.1) is 37.4 Å². The van der Waals surface area contributed by atoms with Gasteiger partial charge in [0, 0.05) is 5.69 Å². The van der Waals surface area contributed by atoms with Gasteiger partial charge in [0.2, 0.25) is 0 Å². The lowest BCUT2D eigenvalue weighted by Crippen LogP contribution is -2.40. The van der Waals surface area contributed by atoms with E-state index in [0.29, 0.717) is 11.3 Å². The minimum atomic E-state index is -0.913. The number of rotatable bonds is 7. The van der Waals surface area contributed by atoms with E-state index in [4.69, 9.17) is 15.2 Å². The standard InChI is InChI=1S/C30H27N3O5/c1-37-29(35)26-25(21-6-4-3-5-7-21)24(18-31)28(32)33(27(26)30(36)38-2)22-14-10-19(11-15-22)8-9-20-12-16-23(34)17-13-20/h3-7,10-17,25,34H,8-9,32H2,1-2H3. The first-order valence-electron chi connectivity index (χ1n) is 11.9. The molecule has 8 nitrogen and oxygen atoms in total. The first-order valence-corrected chi connectivity index (χ1v) is 11.9. The van der Waals surface area contributed by atoms with Gasteiger partial charge in [-0.3, -0.25) is 4.90 Å². The number of hydrogen-bond acceptors (Lipinski definition) is 8. The van der Waals surface area contributed by atoms with Crippen LogP contribution in [-0.4, -0.2) is 31.3 Å². The summed E-state index contributed by atoms with van der Waals surface area (Å²) in [6.07, 6.45) is 1.51. The van der Waals surface area contributed by atoms with Gasteiger partial charge in [-0.25, -0.2) is 9.59 Å². The highest BCUT2D eigenvalue weighted by Crippen LogP contribution is 2.43. The fourth-order valence-corrected chi connectivity index (χ4v) is 4.54. The number of hydrogen-bond donors (Lipinski definition) is 2. The molecule has 0 saturated carbocycles. The van der Waals surface area contributed by atoms with Crippen LogP contribution < -0.4 is 10.6 Å². The number of nitrogens with zero attached hydrogens (tertiary/aromatic N) is 2. The summed E-state index contributed by atoms with van der Waals surface area (Å²) in [4.78, 5) is 27.6. The summed E-state index contributed by atoms with van der Waals surface area (Å²) in [7, 11) is 2.43. The monoisotopic (exact) mass is 509 g/mol. The van der Waals surface area contributed by atoms with Crippen molar-refractivity contribution in [2.45, 2.75) is 18.8 Å². The Hall–Kier alpha value is -5.03. The summed E-state index contributed by atoms with van der Waals surface area (Å²) in [5, 5.41) is 19.6. The molecular weight excluding hydrogens is 482 g/mol. The number of carbonyl (C=O) groups excluding carboxylic acids is 2. The molecule has 8 heteroatoms. The Morgan fingerprint density at radius 2 is 1.45 bits per heavy atom. The average Bonchev–Trinajstić information content (AvgIpc) is 2.96. The maximum atomic E-state index is 13.1. The molecule has 3 aromatic carbocycles. The molecule has 1 heterocycles. The second-order valence-electron chi connectivity index (χ2n) is 8.67. The lowest BCUT2D eigenvalue weighted by Gasteiger charge is -2.36. The molecule has 0 aromatic heterocycles. The minimum absolute atomic E-state index is 0.0197. The highest BCUT2D eigenvalue weighted by Gasteiger charge is 2.42. The SMILES string of the molecule is COC(=O)C1=C(C(=O)OC)N(c2ccc(CCc3ccc(O)cc3)cc2)C(N)=C(C#N)C1c1ccccc1. The van der Waals surface area contributed by atoms with E-state index >= 15 is 0 Å². The topological polar surface area (TPSA) is 126 Å². The Bertz CT molecular complexity index is 1440. The molecule has 3 N–H and O–H groups in total. The van der Waals surface area contributed by atoms with Crippen LogP contribution in [0.1, 0.15) is 22.6 Å². The summed E-state index contributed by atoms with van der Waals surface area (Å²) in [6, 6.07) is 25.4. The van der Waals surface area contributed by atoms with Gasteiger partial charge >= 0.3 is 11.9 Å². The molecule has 0 spiro atoms. The molecule has 38 heavy (non-hydrogen) atoms. The number of benzene rings is 3. The molecule has 0 saturated heterocycles. The number of allylic oxidation sites excluding steroid dienone is 1. The van der Waals surface area contributed by atoms with Gasteiger partial charge in [-0.05, 0) is 53.8 Å². The van der Waals surface area contributed by atoms with E-state index in [9.17, 15) is 20.0 Å². The highest BCUT2D eigenvalue weighted by atomic mass is 16.5. The number of esters is 2. The first-order chi connectivity index (χ1) is 18.4. The number of anilines is 1. The average molecular weight is 510 g/mol. The molecule has 0 radical (unpaired) electrons. The van der Waals surface area contributed by atoms with Gasteiger partial charge in [-0.2, -0.15) is 5.26 Å². The smallest absolute Gasteiger partial charge is 0.355 e. The molecule has 1 atom stereocenters. The van der Waals surface area contributed by atoms with E-state index in [1.165, 1.54) is 19.1 Å². The summed E-state index contributed by atoms with van der Waals surface area (Å²) >= 11 is 0. The highest BCUT2D eigenvalue weighted by molar-refractivity contribution is 6.06. The van der Waals surface area contributed by atoms with Crippen molar-refractivity contribution in [3.8, 4) is 11.8 Å². The maximum Gasteiger partial charge on any atom is 0.355 e. The zero-order valence-corrected chi connectivity index (χ0v) is 21.0. The minimum Gasteiger partial charge on any atom is -0.508 e. The van der Waals surface area contributed by atoms with Crippen LogP contribution in [0.3, 0.4) is 0 Å². The summed E-state index contributed by atoms with van der Waals surface area (Å²) < 4.78 is 10.1. The van der Waals surface area contributed by atoms with Crippen molar-refractivity contribution in [2.75, 3.05) is 19.1 Å². The molecule has 0 aliphatic carbocycles. The van der Waals surface area contributed by atoms with Crippen LogP contribution in [0.15, 0.2) is 102 Å². The predicted octanol–water partition coefficient (Wildman–Crippen LogP) is 4.08. The van der Waals surface area contributed by atoms with Crippen molar-refractivity contribution in [2.24, 2.45) is 5.73 Å². The van der Waals surface area contributed by atoms with E-state index in [1.54, 1.807) is 48.5 Å². The number of aromatic hydroxyl groups is 1. The largest absolute Gasteiger partial charge is 0.508 e.